The normalized spacial score (nSPS) is 10.7. The molecule has 18 heavy (non-hydrogen) atoms. The van der Waals surface area contributed by atoms with Crippen LogP contribution in [0.3, 0.4) is 0 Å². The number of aromatic nitrogens is 3. The topological polar surface area (TPSA) is 32.0 Å². The summed E-state index contributed by atoms with van der Waals surface area (Å²) in [6.45, 7) is 8.90. The van der Waals surface area contributed by atoms with Crippen molar-refractivity contribution in [1.82, 2.24) is 14.3 Å². The molecule has 0 fully saturated rings. The van der Waals surface area contributed by atoms with Crippen molar-refractivity contribution in [2.24, 2.45) is 7.05 Å². The monoisotopic (exact) mass is 245 g/mol. The largest absolute Gasteiger partial charge is 0.495 e. The van der Waals surface area contributed by atoms with Crippen molar-refractivity contribution < 1.29 is 4.74 Å². The van der Waals surface area contributed by atoms with Crippen LogP contribution in [0.15, 0.2) is 25.0 Å². The summed E-state index contributed by atoms with van der Waals surface area (Å²) < 4.78 is 9.18. The first-order chi connectivity index (χ1) is 8.52. The Morgan fingerprint density at radius 3 is 2.72 bits per heavy atom. The average molecular weight is 245 g/mol. The van der Waals surface area contributed by atoms with Gasteiger partial charge in [0.2, 0.25) is 0 Å². The van der Waals surface area contributed by atoms with E-state index in [1.807, 2.05) is 13.2 Å². The zero-order valence-electron chi connectivity index (χ0n) is 11.4. The van der Waals surface area contributed by atoms with Crippen molar-refractivity contribution in [2.75, 3.05) is 7.11 Å². The van der Waals surface area contributed by atoms with E-state index in [9.17, 15) is 0 Å². The van der Waals surface area contributed by atoms with Crippen molar-refractivity contribution in [1.29, 1.82) is 0 Å². The standard InChI is InChI=1S/C14H19N3O/c1-10-6-7-17(11(10)2)9-13-8-16(4)15-14(13)12(3)18-5/h6-8H,3,9H2,1-2,4-5H3. The van der Waals surface area contributed by atoms with Crippen LogP contribution in [0.1, 0.15) is 22.5 Å². The van der Waals surface area contributed by atoms with Gasteiger partial charge in [0, 0.05) is 30.7 Å². The van der Waals surface area contributed by atoms with Crippen LogP contribution >= 0.6 is 0 Å². The molecule has 0 aliphatic rings. The van der Waals surface area contributed by atoms with E-state index in [0.717, 1.165) is 17.8 Å². The quantitative estimate of drug-likeness (QED) is 0.775. The lowest BCUT2D eigenvalue weighted by Crippen LogP contribution is -2.02. The summed E-state index contributed by atoms with van der Waals surface area (Å²) in [6, 6.07) is 2.12. The molecule has 2 rings (SSSR count). The minimum absolute atomic E-state index is 0.604. The van der Waals surface area contributed by atoms with Gasteiger partial charge >= 0.3 is 0 Å². The lowest BCUT2D eigenvalue weighted by molar-refractivity contribution is 0.368. The van der Waals surface area contributed by atoms with Crippen LogP contribution in [0.5, 0.6) is 0 Å². The van der Waals surface area contributed by atoms with Gasteiger partial charge in [0.25, 0.3) is 0 Å². The van der Waals surface area contributed by atoms with Gasteiger partial charge < -0.3 is 9.30 Å². The van der Waals surface area contributed by atoms with Crippen LogP contribution in [0.2, 0.25) is 0 Å². The lowest BCUT2D eigenvalue weighted by Gasteiger charge is -2.08. The fourth-order valence-electron chi connectivity index (χ4n) is 2.00. The first-order valence-corrected chi connectivity index (χ1v) is 5.91. The maximum atomic E-state index is 5.18. The van der Waals surface area contributed by atoms with Gasteiger partial charge in [-0.1, -0.05) is 6.58 Å². The van der Waals surface area contributed by atoms with E-state index < -0.39 is 0 Å². The highest BCUT2D eigenvalue weighted by Crippen LogP contribution is 2.19. The second-order valence-corrected chi connectivity index (χ2v) is 4.52. The lowest BCUT2D eigenvalue weighted by atomic mass is 10.2. The number of ether oxygens (including phenoxy) is 1. The molecule has 0 atom stereocenters. The summed E-state index contributed by atoms with van der Waals surface area (Å²) >= 11 is 0. The molecule has 0 aromatic carbocycles. The van der Waals surface area contributed by atoms with Crippen LogP contribution in [0, 0.1) is 13.8 Å². The number of methoxy groups -OCH3 is 1. The Morgan fingerprint density at radius 1 is 1.44 bits per heavy atom. The first kappa shape index (κ1) is 12.5. The van der Waals surface area contributed by atoms with E-state index in [2.05, 4.69) is 42.4 Å². The van der Waals surface area contributed by atoms with E-state index >= 15 is 0 Å². The van der Waals surface area contributed by atoms with Crippen LogP contribution in [-0.2, 0) is 18.3 Å². The number of rotatable bonds is 4. The maximum Gasteiger partial charge on any atom is 0.139 e. The van der Waals surface area contributed by atoms with E-state index in [4.69, 9.17) is 4.74 Å². The van der Waals surface area contributed by atoms with Crippen LogP contribution in [0.25, 0.3) is 5.76 Å². The minimum atomic E-state index is 0.604. The molecule has 0 bridgehead atoms. The molecule has 0 N–H and O–H groups in total. The average Bonchev–Trinajstić information content (AvgIpc) is 2.86. The van der Waals surface area contributed by atoms with Crippen molar-refractivity contribution in [2.45, 2.75) is 20.4 Å². The summed E-state index contributed by atoms with van der Waals surface area (Å²) in [7, 11) is 3.52. The van der Waals surface area contributed by atoms with Crippen molar-refractivity contribution >= 4 is 5.76 Å². The van der Waals surface area contributed by atoms with Crippen molar-refractivity contribution in [3.8, 4) is 0 Å². The molecule has 4 heteroatoms. The second kappa shape index (κ2) is 4.72. The number of aryl methyl sites for hydroxylation is 2. The molecule has 2 aromatic heterocycles. The number of nitrogens with zero attached hydrogens (tertiary/aromatic N) is 3. The molecule has 0 saturated carbocycles. The highest BCUT2D eigenvalue weighted by molar-refractivity contribution is 5.56. The zero-order valence-corrected chi connectivity index (χ0v) is 11.4. The molecule has 0 amide bonds. The Hall–Kier alpha value is -1.97. The summed E-state index contributed by atoms with van der Waals surface area (Å²) in [5, 5.41) is 4.39. The minimum Gasteiger partial charge on any atom is -0.495 e. The van der Waals surface area contributed by atoms with Crippen LogP contribution in [0.4, 0.5) is 0 Å². The highest BCUT2D eigenvalue weighted by atomic mass is 16.5. The Morgan fingerprint density at radius 2 is 2.17 bits per heavy atom. The van der Waals surface area contributed by atoms with Gasteiger partial charge in [-0.15, -0.1) is 0 Å². The van der Waals surface area contributed by atoms with Gasteiger partial charge in [-0.2, -0.15) is 5.10 Å². The number of hydrogen-bond acceptors (Lipinski definition) is 2. The van der Waals surface area contributed by atoms with Gasteiger partial charge in [-0.05, 0) is 25.5 Å². The predicted octanol–water partition coefficient (Wildman–Crippen LogP) is 2.50. The summed E-state index contributed by atoms with van der Waals surface area (Å²) in [4.78, 5) is 0. The molecule has 4 nitrogen and oxygen atoms in total. The van der Waals surface area contributed by atoms with Gasteiger partial charge in [0.15, 0.2) is 0 Å². The van der Waals surface area contributed by atoms with Crippen LogP contribution < -0.4 is 0 Å². The summed E-state index contributed by atoms with van der Waals surface area (Å²) in [6.07, 6.45) is 4.10. The van der Waals surface area contributed by atoms with Crippen LogP contribution in [-0.4, -0.2) is 21.5 Å². The maximum absolute atomic E-state index is 5.18. The smallest absolute Gasteiger partial charge is 0.139 e. The Kier molecular flexibility index (Phi) is 3.28. The van der Waals surface area contributed by atoms with Crippen molar-refractivity contribution in [3.05, 3.63) is 47.6 Å². The molecule has 0 radical (unpaired) electrons. The van der Waals surface area contributed by atoms with E-state index in [1.165, 1.54) is 11.3 Å². The van der Waals surface area contributed by atoms with Gasteiger partial charge in [-0.3, -0.25) is 4.68 Å². The molecule has 0 aliphatic carbocycles. The zero-order chi connectivity index (χ0) is 13.3. The Balaban J connectivity index is 2.34. The van der Waals surface area contributed by atoms with Crippen molar-refractivity contribution in [3.63, 3.8) is 0 Å². The molecular formula is C14H19N3O. The van der Waals surface area contributed by atoms with Gasteiger partial charge in [0.05, 0.1) is 13.7 Å². The SMILES string of the molecule is C=C(OC)c1nn(C)cc1Cn1ccc(C)c1C. The second-order valence-electron chi connectivity index (χ2n) is 4.52. The molecular weight excluding hydrogens is 226 g/mol. The molecule has 0 aliphatic heterocycles. The molecule has 0 spiro atoms. The van der Waals surface area contributed by atoms with E-state index in [-0.39, 0.29) is 0 Å². The van der Waals surface area contributed by atoms with E-state index in [1.54, 1.807) is 11.8 Å². The summed E-state index contributed by atoms with van der Waals surface area (Å²) in [5.41, 5.74) is 4.51. The predicted molar refractivity (Wildman–Crippen MR) is 72.3 cm³/mol. The third-order valence-corrected chi connectivity index (χ3v) is 3.26. The Bertz CT molecular complexity index is 578. The molecule has 0 unspecified atom stereocenters. The fourth-order valence-corrected chi connectivity index (χ4v) is 2.00. The molecule has 2 aromatic rings. The van der Waals surface area contributed by atoms with Gasteiger partial charge in [0.1, 0.15) is 11.5 Å². The third kappa shape index (κ3) is 2.18. The summed E-state index contributed by atoms with van der Waals surface area (Å²) in [5.74, 6) is 0.604. The highest BCUT2D eigenvalue weighted by Gasteiger charge is 2.13. The first-order valence-electron chi connectivity index (χ1n) is 5.91. The number of hydrogen-bond donors (Lipinski definition) is 0. The molecule has 96 valence electrons. The third-order valence-electron chi connectivity index (χ3n) is 3.26. The van der Waals surface area contributed by atoms with E-state index in [0.29, 0.717) is 5.76 Å². The molecule has 2 heterocycles. The fraction of sp³-hybridized carbons (Fsp3) is 0.357. The Labute approximate surface area is 107 Å². The van der Waals surface area contributed by atoms with Gasteiger partial charge in [-0.25, -0.2) is 0 Å². The molecule has 0 saturated heterocycles.